The number of unbranched alkanes of at least 4 members (excludes halogenated alkanes) is 6. The molecule has 0 aromatic heterocycles. The first-order valence-electron chi connectivity index (χ1n) is 6.69. The van der Waals surface area contributed by atoms with E-state index < -0.39 is 6.43 Å². The van der Waals surface area contributed by atoms with Gasteiger partial charge in [-0.2, -0.15) is 0 Å². The quantitative estimate of drug-likeness (QED) is 0.311. The minimum absolute atomic E-state index is 0.129. The van der Waals surface area contributed by atoms with E-state index in [1.54, 1.807) is 6.08 Å². The summed E-state index contributed by atoms with van der Waals surface area (Å²) >= 11 is 0. The lowest BCUT2D eigenvalue weighted by atomic mass is 10.1. The minimum Gasteiger partial charge on any atom is -0.466 e. The lowest BCUT2D eigenvalue weighted by Gasteiger charge is -2.02. The van der Waals surface area contributed by atoms with E-state index in [9.17, 15) is 13.6 Å². The number of hydrogen-bond donors (Lipinski definition) is 0. The van der Waals surface area contributed by atoms with Crippen molar-refractivity contribution >= 4 is 5.97 Å². The van der Waals surface area contributed by atoms with Crippen LogP contribution < -0.4 is 0 Å². The van der Waals surface area contributed by atoms with Crippen LogP contribution in [0.3, 0.4) is 0 Å². The normalized spacial score (nSPS) is 11.3. The van der Waals surface area contributed by atoms with Gasteiger partial charge in [0, 0.05) is 13.3 Å². The number of rotatable bonds is 11. The highest BCUT2D eigenvalue weighted by Crippen LogP contribution is 2.08. The van der Waals surface area contributed by atoms with Crippen molar-refractivity contribution in [3.63, 3.8) is 0 Å². The highest BCUT2D eigenvalue weighted by molar-refractivity contribution is 5.65. The molecule has 4 heteroatoms. The zero-order chi connectivity index (χ0) is 13.6. The monoisotopic (exact) mass is 262 g/mol. The van der Waals surface area contributed by atoms with Gasteiger partial charge in [0.15, 0.2) is 0 Å². The number of esters is 1. The molecule has 0 rings (SSSR count). The number of carbonyl (C=O) groups is 1. The Kier molecular flexibility index (Phi) is 11.9. The van der Waals surface area contributed by atoms with Crippen LogP contribution >= 0.6 is 0 Å². The van der Waals surface area contributed by atoms with Gasteiger partial charge in [0.05, 0.1) is 6.61 Å². The molecule has 0 aliphatic carbocycles. The van der Waals surface area contributed by atoms with Crippen LogP contribution in [0.1, 0.15) is 58.3 Å². The average Bonchev–Trinajstić information content (AvgIpc) is 2.29. The fourth-order valence-electron chi connectivity index (χ4n) is 1.60. The Hall–Kier alpha value is -0.930. The second kappa shape index (κ2) is 12.5. The smallest absolute Gasteiger partial charge is 0.302 e. The van der Waals surface area contributed by atoms with Gasteiger partial charge in [0.1, 0.15) is 0 Å². The highest BCUT2D eigenvalue weighted by atomic mass is 19.3. The first kappa shape index (κ1) is 17.1. The van der Waals surface area contributed by atoms with Gasteiger partial charge in [-0.15, -0.1) is 0 Å². The molecule has 0 radical (unpaired) electrons. The standard InChI is InChI=1S/C14H24F2O2/c1-13(17)18-12-10-8-6-4-2-3-5-7-9-11-14(15)16/h7,9,14H,2-6,8,10-12H2,1H3/b9-7-. The van der Waals surface area contributed by atoms with Crippen molar-refractivity contribution < 1.29 is 18.3 Å². The van der Waals surface area contributed by atoms with Crippen molar-refractivity contribution in [1.29, 1.82) is 0 Å². The van der Waals surface area contributed by atoms with Gasteiger partial charge in [-0.3, -0.25) is 4.79 Å². The van der Waals surface area contributed by atoms with E-state index in [0.717, 1.165) is 44.9 Å². The van der Waals surface area contributed by atoms with Crippen LogP contribution in [-0.4, -0.2) is 19.0 Å². The Morgan fingerprint density at radius 1 is 1.06 bits per heavy atom. The Bertz CT molecular complexity index is 228. The molecule has 0 heterocycles. The second-order valence-electron chi connectivity index (χ2n) is 4.35. The van der Waals surface area contributed by atoms with Gasteiger partial charge < -0.3 is 4.74 Å². The van der Waals surface area contributed by atoms with E-state index in [4.69, 9.17) is 4.74 Å². The lowest BCUT2D eigenvalue weighted by molar-refractivity contribution is -0.141. The largest absolute Gasteiger partial charge is 0.466 e. The summed E-state index contributed by atoms with van der Waals surface area (Å²) in [7, 11) is 0. The Balaban J connectivity index is 3.07. The van der Waals surface area contributed by atoms with Crippen LogP contribution in [0, 0.1) is 0 Å². The zero-order valence-electron chi connectivity index (χ0n) is 11.2. The molecule has 0 N–H and O–H groups in total. The lowest BCUT2D eigenvalue weighted by Crippen LogP contribution is -1.99. The van der Waals surface area contributed by atoms with Crippen molar-refractivity contribution in [1.82, 2.24) is 0 Å². The summed E-state index contributed by atoms with van der Waals surface area (Å²) in [6.07, 6.45) is 8.43. The van der Waals surface area contributed by atoms with Gasteiger partial charge in [0.25, 0.3) is 0 Å². The summed E-state index contributed by atoms with van der Waals surface area (Å²) in [4.78, 5) is 10.5. The van der Waals surface area contributed by atoms with Gasteiger partial charge >= 0.3 is 5.97 Å². The maximum absolute atomic E-state index is 11.8. The number of hydrogen-bond acceptors (Lipinski definition) is 2. The molecule has 106 valence electrons. The summed E-state index contributed by atoms with van der Waals surface area (Å²) in [6.45, 7) is 1.94. The first-order chi connectivity index (χ1) is 8.63. The molecular formula is C14H24F2O2. The van der Waals surface area contributed by atoms with Crippen molar-refractivity contribution in [3.8, 4) is 0 Å². The van der Waals surface area contributed by atoms with E-state index in [-0.39, 0.29) is 12.4 Å². The zero-order valence-corrected chi connectivity index (χ0v) is 11.2. The summed E-state index contributed by atoms with van der Waals surface area (Å²) < 4.78 is 28.4. The molecule has 0 bridgehead atoms. The maximum Gasteiger partial charge on any atom is 0.302 e. The van der Waals surface area contributed by atoms with E-state index in [0.29, 0.717) is 6.61 Å². The molecule has 0 fully saturated rings. The molecule has 0 aromatic carbocycles. The number of alkyl halides is 2. The third-order valence-corrected chi connectivity index (χ3v) is 2.55. The van der Waals surface area contributed by atoms with Gasteiger partial charge in [-0.25, -0.2) is 8.78 Å². The Morgan fingerprint density at radius 3 is 2.28 bits per heavy atom. The average molecular weight is 262 g/mol. The number of carbonyl (C=O) groups excluding carboxylic acids is 1. The number of allylic oxidation sites excluding steroid dienone is 2. The summed E-state index contributed by atoms with van der Waals surface area (Å²) in [5, 5.41) is 0. The van der Waals surface area contributed by atoms with Crippen LogP contribution in [0.5, 0.6) is 0 Å². The molecule has 0 spiro atoms. The molecule has 0 aliphatic heterocycles. The molecule has 0 atom stereocenters. The first-order valence-corrected chi connectivity index (χ1v) is 6.69. The van der Waals surface area contributed by atoms with Gasteiger partial charge in [-0.05, 0) is 19.3 Å². The fraction of sp³-hybridized carbons (Fsp3) is 0.786. The van der Waals surface area contributed by atoms with E-state index >= 15 is 0 Å². The van der Waals surface area contributed by atoms with Crippen molar-refractivity contribution in [2.24, 2.45) is 0 Å². The summed E-state index contributed by atoms with van der Waals surface area (Å²) in [5.74, 6) is -0.217. The molecule has 0 unspecified atom stereocenters. The highest BCUT2D eigenvalue weighted by Gasteiger charge is 1.96. The molecule has 0 saturated heterocycles. The molecule has 0 amide bonds. The second-order valence-corrected chi connectivity index (χ2v) is 4.35. The van der Waals surface area contributed by atoms with Crippen LogP contribution in [0.15, 0.2) is 12.2 Å². The van der Waals surface area contributed by atoms with Crippen LogP contribution in [0.4, 0.5) is 8.78 Å². The predicted molar refractivity (Wildman–Crippen MR) is 68.7 cm³/mol. The van der Waals surface area contributed by atoms with Gasteiger partial charge in [-0.1, -0.05) is 37.8 Å². The predicted octanol–water partition coefficient (Wildman–Crippen LogP) is 4.49. The maximum atomic E-state index is 11.8. The van der Waals surface area contributed by atoms with Crippen LogP contribution in [0.2, 0.25) is 0 Å². The third kappa shape index (κ3) is 15.1. The molecule has 0 saturated carbocycles. The van der Waals surface area contributed by atoms with Gasteiger partial charge in [0.2, 0.25) is 6.43 Å². The van der Waals surface area contributed by atoms with Crippen molar-refractivity contribution in [2.45, 2.75) is 64.7 Å². The third-order valence-electron chi connectivity index (χ3n) is 2.55. The summed E-state index contributed by atoms with van der Waals surface area (Å²) in [5.41, 5.74) is 0. The van der Waals surface area contributed by atoms with E-state index in [1.165, 1.54) is 6.92 Å². The Morgan fingerprint density at radius 2 is 1.67 bits per heavy atom. The molecule has 0 aliphatic rings. The number of halogens is 2. The topological polar surface area (TPSA) is 26.3 Å². The molecular weight excluding hydrogens is 238 g/mol. The molecule has 2 nitrogen and oxygen atoms in total. The SMILES string of the molecule is CC(=O)OCCCCCCCC/C=C\CC(F)F. The minimum atomic E-state index is -2.22. The van der Waals surface area contributed by atoms with Crippen molar-refractivity contribution in [3.05, 3.63) is 12.2 Å². The molecule has 18 heavy (non-hydrogen) atoms. The summed E-state index contributed by atoms with van der Waals surface area (Å²) in [6, 6.07) is 0. The van der Waals surface area contributed by atoms with Crippen LogP contribution in [-0.2, 0) is 9.53 Å². The molecule has 0 aromatic rings. The van der Waals surface area contributed by atoms with Crippen LogP contribution in [0.25, 0.3) is 0 Å². The fourth-order valence-corrected chi connectivity index (χ4v) is 1.60. The van der Waals surface area contributed by atoms with E-state index in [2.05, 4.69) is 0 Å². The van der Waals surface area contributed by atoms with Crippen molar-refractivity contribution in [2.75, 3.05) is 6.61 Å². The Labute approximate surface area is 108 Å². The number of ether oxygens (including phenoxy) is 1. The van der Waals surface area contributed by atoms with E-state index in [1.807, 2.05) is 6.08 Å².